The largest absolute Gasteiger partial charge is 0.340 e. The molecule has 24 heavy (non-hydrogen) atoms. The number of aryl methyl sites for hydroxylation is 2. The lowest BCUT2D eigenvalue weighted by Gasteiger charge is -2.20. The summed E-state index contributed by atoms with van der Waals surface area (Å²) < 4.78 is 1.99. The quantitative estimate of drug-likeness (QED) is 0.810. The number of imide groups is 1. The summed E-state index contributed by atoms with van der Waals surface area (Å²) in [6.07, 6.45) is 2.80. The molecule has 1 atom stereocenters. The number of aromatic nitrogens is 2. The zero-order valence-corrected chi connectivity index (χ0v) is 14.5. The van der Waals surface area contributed by atoms with Gasteiger partial charge in [0.15, 0.2) is 0 Å². The lowest BCUT2D eigenvalue weighted by molar-refractivity contribution is -0.137. The van der Waals surface area contributed by atoms with E-state index in [-0.39, 0.29) is 24.3 Å². The lowest BCUT2D eigenvalue weighted by atomic mass is 10.1. The molecule has 1 aromatic heterocycles. The number of imidazole rings is 1. The molecule has 0 radical (unpaired) electrons. The SMILES string of the molecule is Cc1cn(C)c([C@@H]2CCN(C(=O)CN3C(=O)NC(C)(C)C3=O)C2)n1. The number of rotatable bonds is 3. The Labute approximate surface area is 140 Å². The number of amides is 4. The Morgan fingerprint density at radius 2 is 2.12 bits per heavy atom. The van der Waals surface area contributed by atoms with Crippen molar-refractivity contribution in [3.8, 4) is 0 Å². The molecule has 2 aliphatic rings. The normalized spacial score (nSPS) is 23.1. The predicted octanol–water partition coefficient (Wildman–Crippen LogP) is 0.375. The Balaban J connectivity index is 1.64. The van der Waals surface area contributed by atoms with Gasteiger partial charge in [0.1, 0.15) is 17.9 Å². The minimum absolute atomic E-state index is 0.187. The summed E-state index contributed by atoms with van der Waals surface area (Å²) in [4.78, 5) is 43.8. The molecule has 2 saturated heterocycles. The summed E-state index contributed by atoms with van der Waals surface area (Å²) in [5, 5.41) is 2.59. The monoisotopic (exact) mass is 333 g/mol. The summed E-state index contributed by atoms with van der Waals surface area (Å²) in [6, 6.07) is -0.506. The van der Waals surface area contributed by atoms with Crippen molar-refractivity contribution >= 4 is 17.8 Å². The van der Waals surface area contributed by atoms with Crippen LogP contribution in [0.25, 0.3) is 0 Å². The first-order valence-electron chi connectivity index (χ1n) is 8.11. The van der Waals surface area contributed by atoms with Crippen LogP contribution in [0.3, 0.4) is 0 Å². The van der Waals surface area contributed by atoms with Crippen molar-refractivity contribution < 1.29 is 14.4 Å². The number of urea groups is 1. The molecule has 0 spiro atoms. The van der Waals surface area contributed by atoms with Crippen LogP contribution in [0.5, 0.6) is 0 Å². The van der Waals surface area contributed by atoms with Gasteiger partial charge in [0.05, 0.1) is 5.69 Å². The van der Waals surface area contributed by atoms with Gasteiger partial charge in [-0.2, -0.15) is 0 Å². The van der Waals surface area contributed by atoms with Crippen LogP contribution in [0.15, 0.2) is 6.20 Å². The molecule has 2 fully saturated rings. The fourth-order valence-electron chi connectivity index (χ4n) is 3.41. The van der Waals surface area contributed by atoms with Gasteiger partial charge in [-0.15, -0.1) is 0 Å². The van der Waals surface area contributed by atoms with E-state index < -0.39 is 11.6 Å². The van der Waals surface area contributed by atoms with E-state index >= 15 is 0 Å². The molecule has 0 bridgehead atoms. The van der Waals surface area contributed by atoms with Crippen LogP contribution in [0.4, 0.5) is 4.79 Å². The van der Waals surface area contributed by atoms with Crippen LogP contribution in [0, 0.1) is 6.92 Å². The minimum atomic E-state index is -0.949. The molecule has 2 aliphatic heterocycles. The first kappa shape index (κ1) is 16.5. The number of likely N-dealkylation sites (tertiary alicyclic amines) is 1. The number of nitrogens with one attached hydrogen (secondary N) is 1. The summed E-state index contributed by atoms with van der Waals surface area (Å²) in [5.41, 5.74) is 0.00825. The van der Waals surface area contributed by atoms with Crippen LogP contribution in [-0.2, 0) is 16.6 Å². The number of hydrogen-bond donors (Lipinski definition) is 1. The van der Waals surface area contributed by atoms with Gasteiger partial charge in [-0.05, 0) is 27.2 Å². The summed E-state index contributed by atoms with van der Waals surface area (Å²) >= 11 is 0. The molecule has 4 amide bonds. The zero-order valence-electron chi connectivity index (χ0n) is 14.5. The molecule has 0 unspecified atom stereocenters. The Kier molecular flexibility index (Phi) is 3.85. The van der Waals surface area contributed by atoms with Gasteiger partial charge in [-0.3, -0.25) is 14.5 Å². The van der Waals surface area contributed by atoms with Gasteiger partial charge in [-0.1, -0.05) is 0 Å². The van der Waals surface area contributed by atoms with E-state index in [9.17, 15) is 14.4 Å². The van der Waals surface area contributed by atoms with Crippen molar-refractivity contribution in [2.24, 2.45) is 7.05 Å². The third kappa shape index (κ3) is 2.76. The van der Waals surface area contributed by atoms with Crippen molar-refractivity contribution in [1.29, 1.82) is 0 Å². The van der Waals surface area contributed by atoms with Crippen LogP contribution in [0.1, 0.15) is 37.7 Å². The molecular weight excluding hydrogens is 310 g/mol. The minimum Gasteiger partial charge on any atom is -0.340 e. The van der Waals surface area contributed by atoms with Gasteiger partial charge in [0.25, 0.3) is 5.91 Å². The number of carbonyl (C=O) groups excluding carboxylic acids is 3. The van der Waals surface area contributed by atoms with Crippen molar-refractivity contribution in [2.75, 3.05) is 19.6 Å². The molecule has 0 saturated carbocycles. The fourth-order valence-corrected chi connectivity index (χ4v) is 3.41. The molecule has 1 N–H and O–H groups in total. The molecular formula is C16H23N5O3. The van der Waals surface area contributed by atoms with Gasteiger partial charge >= 0.3 is 6.03 Å². The van der Waals surface area contributed by atoms with E-state index in [1.54, 1.807) is 18.7 Å². The van der Waals surface area contributed by atoms with Gasteiger partial charge < -0.3 is 14.8 Å². The summed E-state index contributed by atoms with van der Waals surface area (Å²) in [6.45, 7) is 6.18. The molecule has 3 heterocycles. The smallest absolute Gasteiger partial charge is 0.325 e. The number of hydrogen-bond acceptors (Lipinski definition) is 4. The van der Waals surface area contributed by atoms with Crippen LogP contribution in [0.2, 0.25) is 0 Å². The molecule has 130 valence electrons. The average molecular weight is 333 g/mol. The molecule has 8 nitrogen and oxygen atoms in total. The van der Waals surface area contributed by atoms with Gasteiger partial charge in [0.2, 0.25) is 5.91 Å². The lowest BCUT2D eigenvalue weighted by Crippen LogP contribution is -2.44. The maximum Gasteiger partial charge on any atom is 0.325 e. The van der Waals surface area contributed by atoms with Gasteiger partial charge in [0, 0.05) is 32.3 Å². The van der Waals surface area contributed by atoms with Crippen LogP contribution >= 0.6 is 0 Å². The molecule has 8 heteroatoms. The Morgan fingerprint density at radius 1 is 1.42 bits per heavy atom. The zero-order chi connectivity index (χ0) is 17.6. The Bertz CT molecular complexity index is 709. The van der Waals surface area contributed by atoms with E-state index in [0.717, 1.165) is 22.8 Å². The van der Waals surface area contributed by atoms with Crippen molar-refractivity contribution in [3.05, 3.63) is 17.7 Å². The van der Waals surface area contributed by atoms with Crippen molar-refractivity contribution in [1.82, 2.24) is 24.7 Å². The molecule has 1 aromatic rings. The van der Waals surface area contributed by atoms with E-state index in [1.165, 1.54) is 0 Å². The highest BCUT2D eigenvalue weighted by atomic mass is 16.2. The summed E-state index contributed by atoms with van der Waals surface area (Å²) in [5.74, 6) is 0.590. The Hall–Kier alpha value is -2.38. The molecule has 3 rings (SSSR count). The fraction of sp³-hybridized carbons (Fsp3) is 0.625. The van der Waals surface area contributed by atoms with Crippen LogP contribution in [-0.4, -0.2) is 62.4 Å². The highest BCUT2D eigenvalue weighted by Gasteiger charge is 2.45. The molecule has 0 aromatic carbocycles. The van der Waals surface area contributed by atoms with Crippen molar-refractivity contribution in [2.45, 2.75) is 38.6 Å². The Morgan fingerprint density at radius 3 is 2.67 bits per heavy atom. The third-order valence-electron chi connectivity index (χ3n) is 4.68. The van der Waals surface area contributed by atoms with Crippen LogP contribution < -0.4 is 5.32 Å². The van der Waals surface area contributed by atoms with E-state index in [1.807, 2.05) is 24.7 Å². The summed E-state index contributed by atoms with van der Waals surface area (Å²) in [7, 11) is 1.95. The average Bonchev–Trinajstić information content (AvgIpc) is 3.13. The second kappa shape index (κ2) is 5.61. The second-order valence-corrected chi connectivity index (χ2v) is 7.12. The van der Waals surface area contributed by atoms with E-state index in [2.05, 4.69) is 10.3 Å². The third-order valence-corrected chi connectivity index (χ3v) is 4.68. The topological polar surface area (TPSA) is 87.5 Å². The first-order chi connectivity index (χ1) is 11.2. The maximum atomic E-state index is 12.5. The highest BCUT2D eigenvalue weighted by molar-refractivity contribution is 6.08. The van der Waals surface area contributed by atoms with Gasteiger partial charge in [-0.25, -0.2) is 9.78 Å². The highest BCUT2D eigenvalue weighted by Crippen LogP contribution is 2.27. The standard InChI is InChI=1S/C16H23N5O3/c1-10-7-19(4)13(17-10)11-5-6-20(8-11)12(22)9-21-14(23)16(2,3)18-15(21)24/h7,11H,5-6,8-9H2,1-4H3,(H,18,24)/t11-/m1/s1. The van der Waals surface area contributed by atoms with E-state index in [4.69, 9.17) is 0 Å². The number of nitrogens with zero attached hydrogens (tertiary/aromatic N) is 4. The first-order valence-corrected chi connectivity index (χ1v) is 8.11. The predicted molar refractivity (Wildman–Crippen MR) is 86.2 cm³/mol. The number of carbonyl (C=O) groups is 3. The van der Waals surface area contributed by atoms with E-state index in [0.29, 0.717) is 13.1 Å². The van der Waals surface area contributed by atoms with Crippen molar-refractivity contribution in [3.63, 3.8) is 0 Å². The second-order valence-electron chi connectivity index (χ2n) is 7.12. The molecule has 0 aliphatic carbocycles. The maximum absolute atomic E-state index is 12.5.